The molecule has 10 nitrogen and oxygen atoms in total. The Morgan fingerprint density at radius 3 is 2.59 bits per heavy atom. The van der Waals surface area contributed by atoms with Crippen LogP contribution < -0.4 is 25.4 Å². The molecular formula is C24H36N8O2. The standard InChI is InChI=1S/C24H36N8O2/c1-2-32-11-7-10-19(32)16-26-22-29-23(27-17-8-5-3-4-6-9-17)31-24(30-22)28-18-14-20-21(25-15-18)34-13-12-33-20/h14-15,17,19H,2-13,16H2,1H3,(H3,26,27,28,29,30,31). The lowest BCUT2D eigenvalue weighted by atomic mass is 10.1. The Balaban J connectivity index is 1.33. The Labute approximate surface area is 201 Å². The second-order valence-corrected chi connectivity index (χ2v) is 9.29. The van der Waals surface area contributed by atoms with Gasteiger partial charge in [-0.05, 0) is 38.8 Å². The van der Waals surface area contributed by atoms with Crippen molar-refractivity contribution in [2.75, 3.05) is 48.8 Å². The molecule has 2 fully saturated rings. The van der Waals surface area contributed by atoms with Crippen LogP contribution in [0, 0.1) is 0 Å². The molecule has 3 aliphatic rings. The number of hydrogen-bond donors (Lipinski definition) is 3. The number of aromatic nitrogens is 4. The molecule has 5 rings (SSSR count). The summed E-state index contributed by atoms with van der Waals surface area (Å²) in [5.74, 6) is 2.81. The summed E-state index contributed by atoms with van der Waals surface area (Å²) in [6.45, 7) is 6.32. The third-order valence-electron chi connectivity index (χ3n) is 6.88. The second kappa shape index (κ2) is 11.0. The zero-order valence-corrected chi connectivity index (χ0v) is 20.1. The van der Waals surface area contributed by atoms with E-state index < -0.39 is 0 Å². The van der Waals surface area contributed by atoms with Gasteiger partial charge in [-0.25, -0.2) is 4.98 Å². The highest BCUT2D eigenvalue weighted by atomic mass is 16.6. The van der Waals surface area contributed by atoms with Crippen LogP contribution in [-0.2, 0) is 0 Å². The molecule has 0 aromatic carbocycles. The summed E-state index contributed by atoms with van der Waals surface area (Å²) in [5, 5.41) is 10.3. The second-order valence-electron chi connectivity index (χ2n) is 9.29. The molecular weight excluding hydrogens is 432 g/mol. The summed E-state index contributed by atoms with van der Waals surface area (Å²) >= 11 is 0. The van der Waals surface area contributed by atoms with Crippen molar-refractivity contribution in [1.29, 1.82) is 0 Å². The number of nitrogens with one attached hydrogen (secondary N) is 3. The van der Waals surface area contributed by atoms with Gasteiger partial charge in [-0.3, -0.25) is 4.90 Å². The van der Waals surface area contributed by atoms with Crippen molar-refractivity contribution >= 4 is 23.5 Å². The molecule has 2 aromatic rings. The lowest BCUT2D eigenvalue weighted by molar-refractivity contribution is 0.164. The monoisotopic (exact) mass is 468 g/mol. The zero-order valence-electron chi connectivity index (χ0n) is 20.1. The average Bonchev–Trinajstić information content (AvgIpc) is 3.17. The number of likely N-dealkylation sites (N-methyl/N-ethyl adjacent to an activating group) is 1. The Kier molecular flexibility index (Phi) is 7.43. The maximum Gasteiger partial charge on any atom is 0.257 e. The normalized spacial score (nSPS) is 21.1. The van der Waals surface area contributed by atoms with E-state index in [2.05, 4.69) is 42.7 Å². The largest absolute Gasteiger partial charge is 0.484 e. The van der Waals surface area contributed by atoms with Gasteiger partial charge in [0.2, 0.25) is 17.8 Å². The first-order chi connectivity index (χ1) is 16.8. The van der Waals surface area contributed by atoms with Gasteiger partial charge in [0, 0.05) is 24.7 Å². The Morgan fingerprint density at radius 2 is 1.74 bits per heavy atom. The highest BCUT2D eigenvalue weighted by Gasteiger charge is 2.23. The minimum Gasteiger partial charge on any atom is -0.484 e. The number of rotatable bonds is 8. The van der Waals surface area contributed by atoms with Crippen molar-refractivity contribution < 1.29 is 9.47 Å². The first-order valence-corrected chi connectivity index (χ1v) is 12.8. The summed E-state index contributed by atoms with van der Waals surface area (Å²) in [6, 6.07) is 2.78. The predicted molar refractivity (Wildman–Crippen MR) is 132 cm³/mol. The van der Waals surface area contributed by atoms with Crippen molar-refractivity contribution in [2.45, 2.75) is 70.4 Å². The molecule has 0 bridgehead atoms. The molecule has 2 aromatic heterocycles. The van der Waals surface area contributed by atoms with Crippen molar-refractivity contribution in [3.8, 4) is 11.6 Å². The fraction of sp³-hybridized carbons (Fsp3) is 0.667. The molecule has 0 spiro atoms. The highest BCUT2D eigenvalue weighted by molar-refractivity contribution is 5.58. The molecule has 1 atom stereocenters. The third-order valence-corrected chi connectivity index (χ3v) is 6.88. The quantitative estimate of drug-likeness (QED) is 0.495. The first-order valence-electron chi connectivity index (χ1n) is 12.8. The van der Waals surface area contributed by atoms with E-state index in [0.717, 1.165) is 31.6 Å². The van der Waals surface area contributed by atoms with Crippen LogP contribution >= 0.6 is 0 Å². The number of nitrogens with zero attached hydrogens (tertiary/aromatic N) is 5. The maximum atomic E-state index is 5.67. The minimum atomic E-state index is 0.395. The molecule has 0 radical (unpaired) electrons. The summed E-state index contributed by atoms with van der Waals surface area (Å²) < 4.78 is 11.2. The van der Waals surface area contributed by atoms with Gasteiger partial charge in [0.25, 0.3) is 5.88 Å². The fourth-order valence-corrected chi connectivity index (χ4v) is 5.06. The van der Waals surface area contributed by atoms with Gasteiger partial charge < -0.3 is 25.4 Å². The number of fused-ring (bicyclic) bond motifs is 1. The lowest BCUT2D eigenvalue weighted by Gasteiger charge is -2.23. The number of likely N-dealkylation sites (tertiary alicyclic amines) is 1. The van der Waals surface area contributed by atoms with Gasteiger partial charge in [0.1, 0.15) is 13.2 Å². The molecule has 1 saturated carbocycles. The van der Waals surface area contributed by atoms with Crippen molar-refractivity contribution in [2.24, 2.45) is 0 Å². The maximum absolute atomic E-state index is 5.67. The fourth-order valence-electron chi connectivity index (χ4n) is 5.06. The Hall–Kier alpha value is -2.88. The summed E-state index contributed by atoms with van der Waals surface area (Å²) in [4.78, 5) is 20.9. The molecule has 184 valence electrons. The highest BCUT2D eigenvalue weighted by Crippen LogP contribution is 2.31. The Morgan fingerprint density at radius 1 is 0.941 bits per heavy atom. The predicted octanol–water partition coefficient (Wildman–Crippen LogP) is 3.81. The number of ether oxygens (including phenoxy) is 2. The van der Waals surface area contributed by atoms with Crippen LogP contribution in [0.15, 0.2) is 12.3 Å². The van der Waals surface area contributed by atoms with Crippen LogP contribution in [0.3, 0.4) is 0 Å². The van der Waals surface area contributed by atoms with Crippen molar-refractivity contribution in [3.63, 3.8) is 0 Å². The van der Waals surface area contributed by atoms with Crippen LogP contribution in [-0.4, -0.2) is 69.8 Å². The van der Waals surface area contributed by atoms with Crippen molar-refractivity contribution in [3.05, 3.63) is 12.3 Å². The minimum absolute atomic E-state index is 0.395. The van der Waals surface area contributed by atoms with E-state index in [1.54, 1.807) is 6.20 Å². The van der Waals surface area contributed by atoms with Crippen LogP contribution in [0.5, 0.6) is 11.6 Å². The zero-order chi connectivity index (χ0) is 23.2. The van der Waals surface area contributed by atoms with Gasteiger partial charge in [-0.15, -0.1) is 0 Å². The summed E-state index contributed by atoms with van der Waals surface area (Å²) in [7, 11) is 0. The number of hydrogen-bond acceptors (Lipinski definition) is 10. The molecule has 1 unspecified atom stereocenters. The lowest BCUT2D eigenvalue weighted by Crippen LogP contribution is -2.35. The molecule has 0 amide bonds. The smallest absolute Gasteiger partial charge is 0.257 e. The molecule has 34 heavy (non-hydrogen) atoms. The summed E-state index contributed by atoms with van der Waals surface area (Å²) in [6.07, 6.45) is 11.6. The van der Waals surface area contributed by atoms with Gasteiger partial charge in [-0.2, -0.15) is 15.0 Å². The molecule has 4 heterocycles. The average molecular weight is 469 g/mol. The van der Waals surface area contributed by atoms with E-state index in [4.69, 9.17) is 14.5 Å². The molecule has 1 saturated heterocycles. The van der Waals surface area contributed by atoms with Gasteiger partial charge in [0.05, 0.1) is 11.9 Å². The van der Waals surface area contributed by atoms with E-state index in [0.29, 0.717) is 54.8 Å². The molecule has 10 heteroatoms. The third kappa shape index (κ3) is 5.78. The van der Waals surface area contributed by atoms with E-state index in [9.17, 15) is 0 Å². The first kappa shape index (κ1) is 22.9. The molecule has 3 N–H and O–H groups in total. The van der Waals surface area contributed by atoms with Crippen LogP contribution in [0.2, 0.25) is 0 Å². The van der Waals surface area contributed by atoms with E-state index >= 15 is 0 Å². The number of anilines is 4. The van der Waals surface area contributed by atoms with Crippen LogP contribution in [0.4, 0.5) is 23.5 Å². The van der Waals surface area contributed by atoms with Gasteiger partial charge in [0.15, 0.2) is 5.75 Å². The van der Waals surface area contributed by atoms with E-state index in [1.807, 2.05) is 6.07 Å². The van der Waals surface area contributed by atoms with Gasteiger partial charge >= 0.3 is 0 Å². The molecule has 1 aliphatic carbocycles. The van der Waals surface area contributed by atoms with E-state index in [1.165, 1.54) is 45.1 Å². The van der Waals surface area contributed by atoms with Gasteiger partial charge in [-0.1, -0.05) is 32.6 Å². The van der Waals surface area contributed by atoms with Crippen molar-refractivity contribution in [1.82, 2.24) is 24.8 Å². The SMILES string of the molecule is CCN1CCCC1CNc1nc(Nc2cnc3c(c2)OCCO3)nc(NC2CCCCCC2)n1. The molecule has 2 aliphatic heterocycles. The Bertz CT molecular complexity index is 951. The number of pyridine rings is 1. The summed E-state index contributed by atoms with van der Waals surface area (Å²) in [5.41, 5.74) is 0.745. The van der Waals surface area contributed by atoms with Crippen LogP contribution in [0.25, 0.3) is 0 Å². The van der Waals surface area contributed by atoms with E-state index in [-0.39, 0.29) is 0 Å². The van der Waals surface area contributed by atoms with Crippen LogP contribution in [0.1, 0.15) is 58.3 Å². The topological polar surface area (TPSA) is 109 Å².